The van der Waals surface area contributed by atoms with E-state index in [1.54, 1.807) is 6.20 Å². The van der Waals surface area contributed by atoms with Gasteiger partial charge in [0.2, 0.25) is 0 Å². The van der Waals surface area contributed by atoms with Crippen molar-refractivity contribution in [2.75, 3.05) is 12.4 Å². The van der Waals surface area contributed by atoms with E-state index in [-0.39, 0.29) is 5.41 Å². The van der Waals surface area contributed by atoms with Gasteiger partial charge >= 0.3 is 0 Å². The van der Waals surface area contributed by atoms with Crippen LogP contribution in [-0.4, -0.2) is 21.6 Å². The summed E-state index contributed by atoms with van der Waals surface area (Å²) < 4.78 is 17.6. The van der Waals surface area contributed by atoms with Crippen LogP contribution in [0.1, 0.15) is 49.6 Å². The lowest BCUT2D eigenvalue weighted by Gasteiger charge is -2.31. The fraction of sp³-hybridized carbons (Fsp3) is 0.318. The molecule has 0 N–H and O–H groups in total. The summed E-state index contributed by atoms with van der Waals surface area (Å²) in [6.45, 7) is 10.8. The van der Waals surface area contributed by atoms with Crippen LogP contribution in [0.5, 0.6) is 0 Å². The molecule has 1 aliphatic heterocycles. The summed E-state index contributed by atoms with van der Waals surface area (Å²) in [7, 11) is -0.900. The minimum Gasteiger partial charge on any atom is -0.494 e. The highest BCUT2D eigenvalue weighted by molar-refractivity contribution is 7.85. The van der Waals surface area contributed by atoms with Crippen molar-refractivity contribution < 1.29 is 8.95 Å². The van der Waals surface area contributed by atoms with Gasteiger partial charge in [-0.1, -0.05) is 26.3 Å². The zero-order valence-corrected chi connectivity index (χ0v) is 16.3. The molecule has 0 amide bonds. The van der Waals surface area contributed by atoms with Gasteiger partial charge in [-0.05, 0) is 60.6 Å². The maximum absolute atomic E-state index is 12.2. The summed E-state index contributed by atoms with van der Waals surface area (Å²) in [6.07, 6.45) is 2.65. The molecule has 0 saturated carbocycles. The van der Waals surface area contributed by atoms with Gasteiger partial charge in [0.25, 0.3) is 0 Å². The highest BCUT2D eigenvalue weighted by atomic mass is 32.2. The first-order chi connectivity index (χ1) is 12.4. The molecule has 2 heterocycles. The zero-order valence-electron chi connectivity index (χ0n) is 15.5. The molecule has 0 radical (unpaired) electrons. The van der Waals surface area contributed by atoms with E-state index in [0.29, 0.717) is 18.1 Å². The van der Waals surface area contributed by atoms with Crippen LogP contribution in [0.4, 0.5) is 0 Å². The molecule has 0 spiro atoms. The van der Waals surface area contributed by atoms with E-state index in [2.05, 4.69) is 43.3 Å². The third kappa shape index (κ3) is 3.89. The maximum Gasteiger partial charge on any atom is 0.120 e. The van der Waals surface area contributed by atoms with Crippen LogP contribution in [0, 0.1) is 11.8 Å². The lowest BCUT2D eigenvalue weighted by molar-refractivity contribution is 0.299. The average molecular weight is 365 g/mol. The molecule has 1 aromatic carbocycles. The van der Waals surface area contributed by atoms with Crippen molar-refractivity contribution in [2.45, 2.75) is 37.5 Å². The van der Waals surface area contributed by atoms with Gasteiger partial charge in [0.1, 0.15) is 11.5 Å². The lowest BCUT2D eigenvalue weighted by atomic mass is 9.81. The Labute approximate surface area is 158 Å². The van der Waals surface area contributed by atoms with E-state index in [1.165, 1.54) is 0 Å². The van der Waals surface area contributed by atoms with E-state index in [4.69, 9.17) is 4.74 Å². The molecule has 0 bridgehead atoms. The molecule has 1 unspecified atom stereocenters. The highest BCUT2D eigenvalue weighted by Crippen LogP contribution is 2.37. The standard InChI is InChI=1S/C22H23NO2S/c1-5-25-16(2)18-8-10-19(23-15-18)9-6-17-7-11-21-20(14-17)22(3,4)12-13-26(21)24/h7-8,10-11,14-15H,2,5,12-13H2,1,3-4H3. The SMILES string of the molecule is C=C(OCC)c1ccc(C#Cc2ccc3c(c2)C(C)(C)CCS3=O)nc1. The molecule has 3 nitrogen and oxygen atoms in total. The van der Waals surface area contributed by atoms with Crippen LogP contribution in [-0.2, 0) is 21.0 Å². The van der Waals surface area contributed by atoms with E-state index < -0.39 is 10.8 Å². The molecule has 0 fully saturated rings. The van der Waals surface area contributed by atoms with Gasteiger partial charge in [0.15, 0.2) is 0 Å². The summed E-state index contributed by atoms with van der Waals surface area (Å²) in [4.78, 5) is 5.31. The number of aromatic nitrogens is 1. The number of fused-ring (bicyclic) bond motifs is 1. The van der Waals surface area contributed by atoms with Crippen molar-refractivity contribution in [1.82, 2.24) is 4.98 Å². The smallest absolute Gasteiger partial charge is 0.120 e. The fourth-order valence-corrected chi connectivity index (χ4v) is 4.67. The minimum atomic E-state index is -0.900. The Kier molecular flexibility index (Phi) is 5.29. The molecule has 134 valence electrons. The summed E-state index contributed by atoms with van der Waals surface area (Å²) >= 11 is 0. The molecule has 2 aromatic rings. The molecule has 0 aliphatic carbocycles. The first-order valence-electron chi connectivity index (χ1n) is 8.74. The summed E-state index contributed by atoms with van der Waals surface area (Å²) in [5.41, 5.74) is 3.64. The molecular weight excluding hydrogens is 342 g/mol. The van der Waals surface area contributed by atoms with Crippen LogP contribution >= 0.6 is 0 Å². The number of pyridine rings is 1. The monoisotopic (exact) mass is 365 g/mol. The van der Waals surface area contributed by atoms with Crippen LogP contribution in [0.25, 0.3) is 5.76 Å². The number of benzene rings is 1. The molecule has 1 aliphatic rings. The third-order valence-electron chi connectivity index (χ3n) is 4.61. The van der Waals surface area contributed by atoms with Gasteiger partial charge in [0, 0.05) is 28.0 Å². The van der Waals surface area contributed by atoms with Crippen molar-refractivity contribution in [3.8, 4) is 11.8 Å². The second-order valence-electron chi connectivity index (χ2n) is 6.93. The summed E-state index contributed by atoms with van der Waals surface area (Å²) in [6, 6.07) is 9.75. The van der Waals surface area contributed by atoms with Gasteiger partial charge in [-0.25, -0.2) is 4.98 Å². The Morgan fingerprint density at radius 3 is 2.81 bits per heavy atom. The van der Waals surface area contributed by atoms with Crippen molar-refractivity contribution in [2.24, 2.45) is 0 Å². The molecular formula is C22H23NO2S. The van der Waals surface area contributed by atoms with Crippen molar-refractivity contribution in [3.05, 3.63) is 65.5 Å². The number of nitrogens with zero attached hydrogens (tertiary/aromatic N) is 1. The fourth-order valence-electron chi connectivity index (χ4n) is 2.95. The maximum atomic E-state index is 12.2. The molecule has 1 atom stereocenters. The normalized spacial score (nSPS) is 17.6. The molecule has 0 saturated heterocycles. The van der Waals surface area contributed by atoms with Gasteiger partial charge in [0.05, 0.1) is 17.4 Å². The average Bonchev–Trinajstić information content (AvgIpc) is 2.64. The third-order valence-corrected chi connectivity index (χ3v) is 6.03. The summed E-state index contributed by atoms with van der Waals surface area (Å²) in [5.74, 6) is 7.62. The quantitative estimate of drug-likeness (QED) is 0.602. The van der Waals surface area contributed by atoms with Crippen LogP contribution in [0.15, 0.2) is 48.0 Å². The molecule has 26 heavy (non-hydrogen) atoms. The van der Waals surface area contributed by atoms with Gasteiger partial charge < -0.3 is 4.74 Å². The second-order valence-corrected chi connectivity index (χ2v) is 8.47. The van der Waals surface area contributed by atoms with E-state index in [0.717, 1.165) is 33.8 Å². The minimum absolute atomic E-state index is 0.0282. The lowest BCUT2D eigenvalue weighted by Crippen LogP contribution is -2.27. The van der Waals surface area contributed by atoms with Gasteiger partial charge in [-0.2, -0.15) is 0 Å². The predicted molar refractivity (Wildman–Crippen MR) is 106 cm³/mol. The van der Waals surface area contributed by atoms with Crippen LogP contribution in [0.3, 0.4) is 0 Å². The number of hydrogen-bond acceptors (Lipinski definition) is 3. The first-order valence-corrected chi connectivity index (χ1v) is 10.1. The molecule has 3 rings (SSSR count). The van der Waals surface area contributed by atoms with Gasteiger partial charge in [-0.15, -0.1) is 0 Å². The van der Waals surface area contributed by atoms with E-state index >= 15 is 0 Å². The van der Waals surface area contributed by atoms with Crippen LogP contribution in [0.2, 0.25) is 0 Å². The molecule has 4 heteroatoms. The molecule has 1 aromatic heterocycles. The predicted octanol–water partition coefficient (Wildman–Crippen LogP) is 4.28. The Morgan fingerprint density at radius 2 is 2.12 bits per heavy atom. The Bertz CT molecular complexity index is 917. The number of ether oxygens (including phenoxy) is 1. The second kappa shape index (κ2) is 7.47. The zero-order chi connectivity index (χ0) is 18.7. The summed E-state index contributed by atoms with van der Waals surface area (Å²) in [5, 5.41) is 0. The Hall–Kier alpha value is -2.38. The van der Waals surface area contributed by atoms with E-state index in [9.17, 15) is 4.21 Å². The van der Waals surface area contributed by atoms with Crippen molar-refractivity contribution >= 4 is 16.6 Å². The van der Waals surface area contributed by atoms with Crippen LogP contribution < -0.4 is 0 Å². The number of hydrogen-bond donors (Lipinski definition) is 0. The van der Waals surface area contributed by atoms with Gasteiger partial charge in [-0.3, -0.25) is 4.21 Å². The first kappa shape index (κ1) is 18.4. The van der Waals surface area contributed by atoms with Crippen molar-refractivity contribution in [3.63, 3.8) is 0 Å². The van der Waals surface area contributed by atoms with Crippen molar-refractivity contribution in [1.29, 1.82) is 0 Å². The largest absolute Gasteiger partial charge is 0.494 e. The number of rotatable bonds is 3. The Morgan fingerprint density at radius 1 is 1.31 bits per heavy atom. The Balaban J connectivity index is 1.85. The highest BCUT2D eigenvalue weighted by Gasteiger charge is 2.31. The van der Waals surface area contributed by atoms with E-state index in [1.807, 2.05) is 31.2 Å². The topological polar surface area (TPSA) is 39.2 Å².